The molecule has 0 aliphatic carbocycles. The molecule has 0 radical (unpaired) electrons. The van der Waals surface area contributed by atoms with Crippen LogP contribution in [0.2, 0.25) is 0 Å². The Morgan fingerprint density at radius 3 is 2.76 bits per heavy atom. The molecule has 0 fully saturated rings. The largest absolute Gasteiger partial charge is 0.308 e. The second-order valence-electron chi connectivity index (χ2n) is 6.13. The van der Waals surface area contributed by atoms with E-state index in [1.54, 1.807) is 11.3 Å². The van der Waals surface area contributed by atoms with Crippen molar-refractivity contribution in [3.05, 3.63) is 45.9 Å². The molecule has 0 amide bonds. The third-order valence-corrected chi connectivity index (χ3v) is 5.08. The van der Waals surface area contributed by atoms with Crippen LogP contribution >= 0.6 is 23.1 Å². The molecule has 2 aromatic rings. The summed E-state index contributed by atoms with van der Waals surface area (Å²) in [5.74, 6) is 0.951. The number of thiazole rings is 1. The highest BCUT2D eigenvalue weighted by molar-refractivity contribution is 7.98. The molecule has 0 unspecified atom stereocenters. The van der Waals surface area contributed by atoms with E-state index in [9.17, 15) is 0 Å². The quantitative estimate of drug-likeness (QED) is 0.767. The molecule has 0 atom stereocenters. The Labute approximate surface area is 136 Å². The van der Waals surface area contributed by atoms with Crippen molar-refractivity contribution in [2.24, 2.45) is 0 Å². The van der Waals surface area contributed by atoms with E-state index in [2.05, 4.69) is 67.6 Å². The van der Waals surface area contributed by atoms with Crippen molar-refractivity contribution in [3.63, 3.8) is 0 Å². The van der Waals surface area contributed by atoms with Crippen LogP contribution in [0, 0.1) is 0 Å². The normalized spacial score (nSPS) is 11.8. The number of thioether (sulfide) groups is 1. The fourth-order valence-corrected chi connectivity index (χ4v) is 3.57. The Hall–Kier alpha value is -0.840. The van der Waals surface area contributed by atoms with Crippen molar-refractivity contribution < 1.29 is 0 Å². The van der Waals surface area contributed by atoms with Crippen LogP contribution in [-0.4, -0.2) is 10.5 Å². The molecule has 0 aliphatic heterocycles. The molecule has 0 aliphatic rings. The van der Waals surface area contributed by atoms with Crippen LogP contribution in [0.3, 0.4) is 0 Å². The van der Waals surface area contributed by atoms with Crippen molar-refractivity contribution in [1.29, 1.82) is 0 Å². The van der Waals surface area contributed by atoms with Gasteiger partial charge in [0.2, 0.25) is 0 Å². The first-order valence-electron chi connectivity index (χ1n) is 7.36. The van der Waals surface area contributed by atoms with Crippen LogP contribution in [0.5, 0.6) is 0 Å². The van der Waals surface area contributed by atoms with Gasteiger partial charge in [0, 0.05) is 28.1 Å². The summed E-state index contributed by atoms with van der Waals surface area (Å²) in [6, 6.07) is 8.77. The average Bonchev–Trinajstić information content (AvgIpc) is 2.91. The Balaban J connectivity index is 1.91. The van der Waals surface area contributed by atoms with E-state index in [-0.39, 0.29) is 5.54 Å². The summed E-state index contributed by atoms with van der Waals surface area (Å²) in [5.41, 5.74) is 2.68. The summed E-state index contributed by atoms with van der Waals surface area (Å²) in [6.45, 7) is 9.65. The van der Waals surface area contributed by atoms with Gasteiger partial charge in [-0.05, 0) is 44.9 Å². The topological polar surface area (TPSA) is 24.9 Å². The Kier molecular flexibility index (Phi) is 5.85. The summed E-state index contributed by atoms with van der Waals surface area (Å²) in [7, 11) is 0. The van der Waals surface area contributed by atoms with E-state index in [0.717, 1.165) is 18.7 Å². The number of aromatic nitrogens is 1. The van der Waals surface area contributed by atoms with Gasteiger partial charge in [0.15, 0.2) is 0 Å². The molecule has 114 valence electrons. The predicted octanol–water partition coefficient (Wildman–Crippen LogP) is 4.89. The molecule has 0 bridgehead atoms. The monoisotopic (exact) mass is 320 g/mol. The van der Waals surface area contributed by atoms with Gasteiger partial charge in [-0.1, -0.05) is 19.1 Å². The smallest absolute Gasteiger partial charge is 0.0925 e. The lowest BCUT2D eigenvalue weighted by Gasteiger charge is -2.20. The van der Waals surface area contributed by atoms with Gasteiger partial charge in [-0.15, -0.1) is 23.1 Å². The number of rotatable bonds is 6. The van der Waals surface area contributed by atoms with Crippen molar-refractivity contribution in [2.45, 2.75) is 56.8 Å². The lowest BCUT2D eigenvalue weighted by molar-refractivity contribution is 0.424. The molecule has 2 nitrogen and oxygen atoms in total. The van der Waals surface area contributed by atoms with Crippen LogP contribution in [-0.2, 0) is 18.7 Å². The SMILES string of the molecule is CCc1nc(CSc2cccc(CNC(C)(C)C)c2)cs1. The van der Waals surface area contributed by atoms with Gasteiger partial charge in [0.1, 0.15) is 0 Å². The lowest BCUT2D eigenvalue weighted by atomic mass is 10.1. The maximum atomic E-state index is 4.62. The van der Waals surface area contributed by atoms with Crippen molar-refractivity contribution in [1.82, 2.24) is 10.3 Å². The number of nitrogens with one attached hydrogen (secondary N) is 1. The van der Waals surface area contributed by atoms with E-state index >= 15 is 0 Å². The van der Waals surface area contributed by atoms with Crippen molar-refractivity contribution >= 4 is 23.1 Å². The third kappa shape index (κ3) is 5.81. The average molecular weight is 321 g/mol. The van der Waals surface area contributed by atoms with Gasteiger partial charge in [-0.2, -0.15) is 0 Å². The number of benzene rings is 1. The lowest BCUT2D eigenvalue weighted by Crippen LogP contribution is -2.35. The standard InChI is InChI=1S/C17H24N2S2/c1-5-16-19-14(12-21-16)11-20-15-8-6-7-13(9-15)10-18-17(2,3)4/h6-9,12,18H,5,10-11H2,1-4H3. The second-order valence-corrected chi connectivity index (χ2v) is 8.12. The van der Waals surface area contributed by atoms with E-state index in [4.69, 9.17) is 0 Å². The van der Waals surface area contributed by atoms with Crippen LogP contribution in [0.4, 0.5) is 0 Å². The van der Waals surface area contributed by atoms with Gasteiger partial charge < -0.3 is 5.32 Å². The molecule has 1 aromatic heterocycles. The first kappa shape index (κ1) is 16.5. The summed E-state index contributed by atoms with van der Waals surface area (Å²) in [5, 5.41) is 6.94. The van der Waals surface area contributed by atoms with Gasteiger partial charge in [-0.3, -0.25) is 0 Å². The maximum Gasteiger partial charge on any atom is 0.0925 e. The van der Waals surface area contributed by atoms with Crippen LogP contribution in [0.1, 0.15) is 44.0 Å². The number of hydrogen-bond acceptors (Lipinski definition) is 4. The second kappa shape index (κ2) is 7.43. The molecule has 4 heteroatoms. The Morgan fingerprint density at radius 1 is 1.29 bits per heavy atom. The summed E-state index contributed by atoms with van der Waals surface area (Å²) in [4.78, 5) is 5.93. The van der Waals surface area contributed by atoms with E-state index < -0.39 is 0 Å². The Morgan fingerprint density at radius 2 is 2.10 bits per heavy atom. The van der Waals surface area contributed by atoms with Gasteiger partial charge in [0.25, 0.3) is 0 Å². The highest BCUT2D eigenvalue weighted by Crippen LogP contribution is 2.24. The summed E-state index contributed by atoms with van der Waals surface area (Å²) >= 11 is 3.63. The van der Waals surface area contributed by atoms with E-state index in [1.807, 2.05) is 11.8 Å². The molecule has 1 heterocycles. The van der Waals surface area contributed by atoms with Crippen molar-refractivity contribution in [2.75, 3.05) is 0 Å². The zero-order valence-corrected chi connectivity index (χ0v) is 14.9. The molecular weight excluding hydrogens is 296 g/mol. The highest BCUT2D eigenvalue weighted by atomic mass is 32.2. The van der Waals surface area contributed by atoms with Gasteiger partial charge >= 0.3 is 0 Å². The van der Waals surface area contributed by atoms with Crippen LogP contribution in [0.25, 0.3) is 0 Å². The molecule has 0 spiro atoms. The fourth-order valence-electron chi connectivity index (χ4n) is 1.85. The maximum absolute atomic E-state index is 4.62. The molecule has 0 saturated heterocycles. The Bertz CT molecular complexity index is 570. The van der Waals surface area contributed by atoms with Crippen LogP contribution in [0.15, 0.2) is 34.5 Å². The van der Waals surface area contributed by atoms with Gasteiger partial charge in [0.05, 0.1) is 10.7 Å². The first-order chi connectivity index (χ1) is 9.96. The summed E-state index contributed by atoms with van der Waals surface area (Å²) in [6.07, 6.45) is 1.03. The van der Waals surface area contributed by atoms with Gasteiger partial charge in [-0.25, -0.2) is 4.98 Å². The minimum atomic E-state index is 0.153. The van der Waals surface area contributed by atoms with E-state index in [1.165, 1.54) is 21.2 Å². The molecule has 1 aromatic carbocycles. The minimum Gasteiger partial charge on any atom is -0.308 e. The minimum absolute atomic E-state index is 0.153. The molecule has 1 N–H and O–H groups in total. The zero-order chi connectivity index (χ0) is 15.3. The molecule has 21 heavy (non-hydrogen) atoms. The van der Waals surface area contributed by atoms with Crippen molar-refractivity contribution in [3.8, 4) is 0 Å². The van der Waals surface area contributed by atoms with E-state index in [0.29, 0.717) is 0 Å². The number of hydrogen-bond donors (Lipinski definition) is 1. The predicted molar refractivity (Wildman–Crippen MR) is 94.1 cm³/mol. The summed E-state index contributed by atoms with van der Waals surface area (Å²) < 4.78 is 0. The molecular formula is C17H24N2S2. The molecule has 0 saturated carbocycles. The highest BCUT2D eigenvalue weighted by Gasteiger charge is 2.08. The fraction of sp³-hybridized carbons (Fsp3) is 0.471. The molecule has 2 rings (SSSR count). The first-order valence-corrected chi connectivity index (χ1v) is 9.23. The number of nitrogens with zero attached hydrogens (tertiary/aromatic N) is 1. The van der Waals surface area contributed by atoms with Crippen LogP contribution < -0.4 is 5.32 Å². The number of aryl methyl sites for hydroxylation is 1. The third-order valence-electron chi connectivity index (χ3n) is 3.01. The zero-order valence-electron chi connectivity index (χ0n) is 13.3.